The van der Waals surface area contributed by atoms with E-state index in [1.54, 1.807) is 23.7 Å². The number of nitrogens with one attached hydrogen (secondary N) is 1. The number of rotatable bonds is 10. The predicted molar refractivity (Wildman–Crippen MR) is 117 cm³/mol. The zero-order chi connectivity index (χ0) is 20.4. The SMILES string of the molecule is CC[C@@H](C(=O)NC)N(Cc1ccccc1)C(=O)CCCSc1ccc(Cl)cc1. The van der Waals surface area contributed by atoms with Crippen LogP contribution in [0.5, 0.6) is 0 Å². The maximum absolute atomic E-state index is 12.9. The van der Waals surface area contributed by atoms with Gasteiger partial charge in [0.1, 0.15) is 6.04 Å². The highest BCUT2D eigenvalue weighted by molar-refractivity contribution is 7.99. The molecule has 0 aromatic heterocycles. The molecule has 0 unspecified atom stereocenters. The molecule has 2 aromatic carbocycles. The summed E-state index contributed by atoms with van der Waals surface area (Å²) in [6, 6.07) is 17.0. The summed E-state index contributed by atoms with van der Waals surface area (Å²) in [6.45, 7) is 2.37. The average Bonchev–Trinajstić information content (AvgIpc) is 2.72. The lowest BCUT2D eigenvalue weighted by molar-refractivity contribution is -0.141. The number of thioether (sulfide) groups is 1. The van der Waals surface area contributed by atoms with E-state index in [9.17, 15) is 9.59 Å². The van der Waals surface area contributed by atoms with Crippen molar-refractivity contribution in [2.24, 2.45) is 0 Å². The van der Waals surface area contributed by atoms with Gasteiger partial charge in [0, 0.05) is 29.9 Å². The van der Waals surface area contributed by atoms with Crippen LogP contribution in [0.2, 0.25) is 5.02 Å². The number of benzene rings is 2. The molecule has 2 amide bonds. The third-order valence-electron chi connectivity index (χ3n) is 4.45. The second-order valence-corrected chi connectivity index (χ2v) is 8.06. The molecule has 1 atom stereocenters. The molecule has 0 aliphatic heterocycles. The molecule has 0 bridgehead atoms. The maximum atomic E-state index is 12.9. The summed E-state index contributed by atoms with van der Waals surface area (Å²) in [6.07, 6.45) is 1.75. The summed E-state index contributed by atoms with van der Waals surface area (Å²) >= 11 is 7.61. The van der Waals surface area contributed by atoms with E-state index in [0.29, 0.717) is 19.4 Å². The first-order chi connectivity index (χ1) is 13.5. The van der Waals surface area contributed by atoms with Gasteiger partial charge in [-0.3, -0.25) is 9.59 Å². The molecule has 2 aromatic rings. The Balaban J connectivity index is 1.97. The van der Waals surface area contributed by atoms with Crippen LogP contribution in [0.25, 0.3) is 0 Å². The molecule has 6 heteroatoms. The Morgan fingerprint density at radius 3 is 2.39 bits per heavy atom. The quantitative estimate of drug-likeness (QED) is 0.446. The van der Waals surface area contributed by atoms with Gasteiger partial charge in [-0.1, -0.05) is 48.9 Å². The molecule has 2 rings (SSSR count). The number of carbonyl (C=O) groups excluding carboxylic acids is 2. The Morgan fingerprint density at radius 2 is 1.79 bits per heavy atom. The lowest BCUT2D eigenvalue weighted by Gasteiger charge is -2.30. The second kappa shape index (κ2) is 11.8. The summed E-state index contributed by atoms with van der Waals surface area (Å²) < 4.78 is 0. The van der Waals surface area contributed by atoms with Crippen molar-refractivity contribution in [2.75, 3.05) is 12.8 Å². The molecular weight excluding hydrogens is 392 g/mol. The summed E-state index contributed by atoms with van der Waals surface area (Å²) in [5, 5.41) is 3.40. The van der Waals surface area contributed by atoms with Crippen LogP contribution < -0.4 is 5.32 Å². The van der Waals surface area contributed by atoms with Gasteiger partial charge >= 0.3 is 0 Å². The molecular formula is C22H27ClN2O2S. The zero-order valence-corrected chi connectivity index (χ0v) is 17.9. The molecule has 28 heavy (non-hydrogen) atoms. The lowest BCUT2D eigenvalue weighted by Crippen LogP contribution is -2.48. The van der Waals surface area contributed by atoms with Crippen LogP contribution in [-0.4, -0.2) is 35.6 Å². The van der Waals surface area contributed by atoms with Crippen molar-refractivity contribution in [3.05, 3.63) is 65.2 Å². The Kier molecular flexibility index (Phi) is 9.38. The van der Waals surface area contributed by atoms with Crippen LogP contribution in [0.3, 0.4) is 0 Å². The third kappa shape index (κ3) is 6.88. The largest absolute Gasteiger partial charge is 0.357 e. The van der Waals surface area contributed by atoms with Crippen LogP contribution >= 0.6 is 23.4 Å². The first-order valence-electron chi connectivity index (χ1n) is 9.48. The second-order valence-electron chi connectivity index (χ2n) is 6.45. The first kappa shape index (κ1) is 22.3. The molecule has 1 N–H and O–H groups in total. The normalized spacial score (nSPS) is 11.7. The summed E-state index contributed by atoms with van der Waals surface area (Å²) in [5.41, 5.74) is 1.02. The summed E-state index contributed by atoms with van der Waals surface area (Å²) in [4.78, 5) is 28.1. The van der Waals surface area contributed by atoms with E-state index in [1.165, 1.54) is 0 Å². The molecule has 4 nitrogen and oxygen atoms in total. The van der Waals surface area contributed by atoms with Gasteiger partial charge in [0.05, 0.1) is 0 Å². The monoisotopic (exact) mass is 418 g/mol. The van der Waals surface area contributed by atoms with E-state index in [4.69, 9.17) is 11.6 Å². The molecule has 150 valence electrons. The highest BCUT2D eigenvalue weighted by atomic mass is 35.5. The fourth-order valence-corrected chi connectivity index (χ4v) is 3.93. The van der Waals surface area contributed by atoms with Crippen molar-refractivity contribution in [1.29, 1.82) is 0 Å². The van der Waals surface area contributed by atoms with E-state index < -0.39 is 6.04 Å². The number of nitrogens with zero attached hydrogens (tertiary/aromatic N) is 1. The third-order valence-corrected chi connectivity index (χ3v) is 5.80. The number of amides is 2. The van der Waals surface area contributed by atoms with Crippen LogP contribution in [0, 0.1) is 0 Å². The highest BCUT2D eigenvalue weighted by Crippen LogP contribution is 2.22. The van der Waals surface area contributed by atoms with Crippen molar-refractivity contribution in [3.8, 4) is 0 Å². The lowest BCUT2D eigenvalue weighted by atomic mass is 10.1. The minimum Gasteiger partial charge on any atom is -0.357 e. The molecule has 0 spiro atoms. The fraction of sp³-hybridized carbons (Fsp3) is 0.364. The molecule has 0 saturated carbocycles. The first-order valence-corrected chi connectivity index (χ1v) is 10.8. The van der Waals surface area contributed by atoms with Crippen molar-refractivity contribution in [2.45, 2.75) is 43.7 Å². The van der Waals surface area contributed by atoms with Crippen molar-refractivity contribution in [1.82, 2.24) is 10.2 Å². The molecule has 0 fully saturated rings. The van der Waals surface area contributed by atoms with Crippen LogP contribution in [-0.2, 0) is 16.1 Å². The van der Waals surface area contributed by atoms with Crippen LogP contribution in [0.15, 0.2) is 59.5 Å². The van der Waals surface area contributed by atoms with E-state index in [2.05, 4.69) is 5.32 Å². The van der Waals surface area contributed by atoms with E-state index >= 15 is 0 Å². The minimum atomic E-state index is -0.457. The van der Waals surface area contributed by atoms with Crippen molar-refractivity contribution < 1.29 is 9.59 Å². The van der Waals surface area contributed by atoms with Gasteiger partial charge in [0.25, 0.3) is 0 Å². The van der Waals surface area contributed by atoms with Crippen molar-refractivity contribution >= 4 is 35.2 Å². The van der Waals surface area contributed by atoms with Gasteiger partial charge in [-0.05, 0) is 48.4 Å². The van der Waals surface area contributed by atoms with Gasteiger partial charge in [-0.15, -0.1) is 11.8 Å². The Hall–Kier alpha value is -1.98. The average molecular weight is 419 g/mol. The Bertz CT molecular complexity index is 753. The Morgan fingerprint density at radius 1 is 1.11 bits per heavy atom. The predicted octanol–water partition coefficient (Wildman–Crippen LogP) is 4.77. The number of hydrogen-bond donors (Lipinski definition) is 1. The van der Waals surface area contributed by atoms with Gasteiger partial charge in [0.2, 0.25) is 11.8 Å². The van der Waals surface area contributed by atoms with E-state index in [1.807, 2.05) is 61.5 Å². The van der Waals surface area contributed by atoms with Gasteiger partial charge < -0.3 is 10.2 Å². The zero-order valence-electron chi connectivity index (χ0n) is 16.4. The van der Waals surface area contributed by atoms with Gasteiger partial charge in [-0.2, -0.15) is 0 Å². The minimum absolute atomic E-state index is 0.0102. The highest BCUT2D eigenvalue weighted by Gasteiger charge is 2.27. The van der Waals surface area contributed by atoms with Crippen molar-refractivity contribution in [3.63, 3.8) is 0 Å². The molecule has 0 radical (unpaired) electrons. The number of likely N-dealkylation sites (N-methyl/N-ethyl adjacent to an activating group) is 1. The standard InChI is InChI=1S/C22H27ClN2O2S/c1-3-20(22(27)24-2)25(16-17-8-5-4-6-9-17)21(26)10-7-15-28-19-13-11-18(23)12-14-19/h4-6,8-9,11-14,20H,3,7,10,15-16H2,1-2H3,(H,24,27)/t20-/m0/s1. The van der Waals surface area contributed by atoms with Gasteiger partial charge in [0.15, 0.2) is 0 Å². The Labute approximate surface area is 176 Å². The molecule has 0 heterocycles. The molecule has 0 aliphatic carbocycles. The summed E-state index contributed by atoms with van der Waals surface area (Å²) in [5.74, 6) is 0.724. The maximum Gasteiger partial charge on any atom is 0.242 e. The number of halogens is 1. The fourth-order valence-electron chi connectivity index (χ4n) is 2.95. The summed E-state index contributed by atoms with van der Waals surface area (Å²) in [7, 11) is 1.61. The van der Waals surface area contributed by atoms with Crippen LogP contribution in [0.4, 0.5) is 0 Å². The van der Waals surface area contributed by atoms with E-state index in [-0.39, 0.29) is 11.8 Å². The smallest absolute Gasteiger partial charge is 0.242 e. The van der Waals surface area contributed by atoms with Crippen LogP contribution in [0.1, 0.15) is 31.7 Å². The van der Waals surface area contributed by atoms with Gasteiger partial charge in [-0.25, -0.2) is 0 Å². The number of hydrogen-bond acceptors (Lipinski definition) is 3. The molecule has 0 aliphatic rings. The molecule has 0 saturated heterocycles. The topological polar surface area (TPSA) is 49.4 Å². The van der Waals surface area contributed by atoms with E-state index in [0.717, 1.165) is 27.7 Å². The number of carbonyl (C=O) groups is 2.